The van der Waals surface area contributed by atoms with Gasteiger partial charge in [0.15, 0.2) is 11.7 Å². The number of nitrogens with one attached hydrogen (secondary N) is 1. The Morgan fingerprint density at radius 1 is 1.30 bits per heavy atom. The molecule has 122 valence electrons. The molecule has 0 radical (unpaired) electrons. The van der Waals surface area contributed by atoms with Crippen molar-refractivity contribution in [3.05, 3.63) is 59.4 Å². The summed E-state index contributed by atoms with van der Waals surface area (Å²) >= 11 is 0. The molecule has 0 aromatic heterocycles. The lowest BCUT2D eigenvalue weighted by atomic mass is 9.88. The van der Waals surface area contributed by atoms with E-state index in [1.807, 2.05) is 24.3 Å². The smallest absolute Gasteiger partial charge is 0.160 e. The fraction of sp³-hybridized carbons (Fsp3) is 0.333. The van der Waals surface area contributed by atoms with Gasteiger partial charge in [0.05, 0.1) is 0 Å². The highest BCUT2D eigenvalue weighted by Gasteiger charge is 2.45. The quantitative estimate of drug-likeness (QED) is 0.910. The Kier molecular flexibility index (Phi) is 4.24. The van der Waals surface area contributed by atoms with Crippen LogP contribution in [0.25, 0.3) is 0 Å². The number of aliphatic hydroxyl groups is 1. The third-order valence-corrected chi connectivity index (χ3v) is 4.11. The molecule has 2 aromatic carbocycles. The Morgan fingerprint density at radius 2 is 2.09 bits per heavy atom. The summed E-state index contributed by atoms with van der Waals surface area (Å²) in [4.78, 5) is 0. The lowest BCUT2D eigenvalue weighted by Crippen LogP contribution is -2.53. The van der Waals surface area contributed by atoms with Crippen molar-refractivity contribution in [1.82, 2.24) is 5.32 Å². The van der Waals surface area contributed by atoms with Gasteiger partial charge in [-0.15, -0.1) is 0 Å². The standard InChI is InChI=1S/C18H20FNO3/c1-12-14(19)7-5-9-15(12)23-17-13-6-3-4-8-16(13)22-11-18(17,21)10-20-2/h3-9,17,20-21H,10-11H2,1-2H3/t17-,18-/m1/s1. The molecule has 0 fully saturated rings. The van der Waals surface area contributed by atoms with E-state index in [9.17, 15) is 9.50 Å². The Balaban J connectivity index is 2.02. The van der Waals surface area contributed by atoms with E-state index in [0.29, 0.717) is 23.6 Å². The van der Waals surface area contributed by atoms with E-state index in [-0.39, 0.29) is 12.4 Å². The minimum atomic E-state index is -1.25. The number of likely N-dealkylation sites (N-methyl/N-ethyl adjacent to an activating group) is 1. The molecule has 0 bridgehead atoms. The zero-order valence-corrected chi connectivity index (χ0v) is 13.2. The normalized spacial score (nSPS) is 23.0. The van der Waals surface area contributed by atoms with Crippen molar-refractivity contribution in [2.45, 2.75) is 18.6 Å². The molecule has 0 amide bonds. The van der Waals surface area contributed by atoms with Gasteiger partial charge in [-0.25, -0.2) is 4.39 Å². The van der Waals surface area contributed by atoms with Crippen LogP contribution in [0.4, 0.5) is 4.39 Å². The first-order chi connectivity index (χ1) is 11.0. The molecule has 1 heterocycles. The van der Waals surface area contributed by atoms with Gasteiger partial charge >= 0.3 is 0 Å². The van der Waals surface area contributed by atoms with E-state index in [1.54, 1.807) is 26.1 Å². The summed E-state index contributed by atoms with van der Waals surface area (Å²) in [7, 11) is 1.75. The average molecular weight is 317 g/mol. The van der Waals surface area contributed by atoms with Crippen molar-refractivity contribution in [1.29, 1.82) is 0 Å². The second-order valence-electron chi connectivity index (χ2n) is 5.82. The molecule has 3 rings (SSSR count). The van der Waals surface area contributed by atoms with Crippen molar-refractivity contribution in [3.8, 4) is 11.5 Å². The predicted octanol–water partition coefficient (Wildman–Crippen LogP) is 2.60. The van der Waals surface area contributed by atoms with Crippen LogP contribution in [0.1, 0.15) is 17.2 Å². The Labute approximate surface area is 134 Å². The first kappa shape index (κ1) is 15.8. The molecule has 23 heavy (non-hydrogen) atoms. The molecular weight excluding hydrogens is 297 g/mol. The lowest BCUT2D eigenvalue weighted by molar-refractivity contribution is -0.101. The first-order valence-corrected chi connectivity index (χ1v) is 7.55. The summed E-state index contributed by atoms with van der Waals surface area (Å²) in [6, 6.07) is 12.1. The van der Waals surface area contributed by atoms with Crippen LogP contribution in [-0.4, -0.2) is 30.9 Å². The van der Waals surface area contributed by atoms with Crippen LogP contribution in [0.5, 0.6) is 11.5 Å². The number of benzene rings is 2. The van der Waals surface area contributed by atoms with Crippen LogP contribution in [0.15, 0.2) is 42.5 Å². The summed E-state index contributed by atoms with van der Waals surface area (Å²) in [5.74, 6) is 0.758. The topological polar surface area (TPSA) is 50.7 Å². The average Bonchev–Trinajstić information content (AvgIpc) is 2.54. The Hall–Kier alpha value is -2.11. The highest BCUT2D eigenvalue weighted by molar-refractivity contribution is 5.41. The second-order valence-corrected chi connectivity index (χ2v) is 5.82. The molecule has 0 unspecified atom stereocenters. The predicted molar refractivity (Wildman–Crippen MR) is 85.3 cm³/mol. The number of para-hydroxylation sites is 1. The fourth-order valence-corrected chi connectivity index (χ4v) is 2.86. The summed E-state index contributed by atoms with van der Waals surface area (Å²) in [5.41, 5.74) is -0.0783. The number of rotatable bonds is 4. The highest BCUT2D eigenvalue weighted by Crippen LogP contribution is 2.41. The zero-order chi connectivity index (χ0) is 16.4. The molecule has 2 atom stereocenters. The molecule has 0 saturated heterocycles. The maximum Gasteiger partial charge on any atom is 0.160 e. The molecule has 2 N–H and O–H groups in total. The summed E-state index contributed by atoms with van der Waals surface area (Å²) < 4.78 is 25.5. The van der Waals surface area contributed by atoms with Crippen LogP contribution in [-0.2, 0) is 0 Å². The first-order valence-electron chi connectivity index (χ1n) is 7.55. The van der Waals surface area contributed by atoms with Crippen molar-refractivity contribution in [3.63, 3.8) is 0 Å². The number of hydrogen-bond donors (Lipinski definition) is 2. The van der Waals surface area contributed by atoms with Gasteiger partial charge in [-0.1, -0.05) is 24.3 Å². The van der Waals surface area contributed by atoms with Gasteiger partial charge in [-0.05, 0) is 32.2 Å². The number of fused-ring (bicyclic) bond motifs is 1. The Bertz CT molecular complexity index is 706. The third kappa shape index (κ3) is 2.90. The van der Waals surface area contributed by atoms with Gasteiger partial charge in [0.1, 0.15) is 23.9 Å². The van der Waals surface area contributed by atoms with Gasteiger partial charge in [0.25, 0.3) is 0 Å². The molecule has 5 heteroatoms. The van der Waals surface area contributed by atoms with E-state index in [2.05, 4.69) is 5.32 Å². The summed E-state index contributed by atoms with van der Waals surface area (Å²) in [6.45, 7) is 2.05. The number of hydrogen-bond acceptors (Lipinski definition) is 4. The van der Waals surface area contributed by atoms with E-state index >= 15 is 0 Å². The van der Waals surface area contributed by atoms with Crippen LogP contribution in [0, 0.1) is 12.7 Å². The highest BCUT2D eigenvalue weighted by atomic mass is 19.1. The molecule has 0 saturated carbocycles. The van der Waals surface area contributed by atoms with Crippen molar-refractivity contribution in [2.24, 2.45) is 0 Å². The number of halogens is 1. The maximum atomic E-state index is 13.8. The van der Waals surface area contributed by atoms with Crippen molar-refractivity contribution in [2.75, 3.05) is 20.2 Å². The SMILES string of the molecule is CNC[C@@]1(O)COc2ccccc2[C@H]1Oc1cccc(F)c1C. The molecule has 2 aromatic rings. The fourth-order valence-electron chi connectivity index (χ4n) is 2.86. The van der Waals surface area contributed by atoms with Crippen LogP contribution in [0.2, 0.25) is 0 Å². The number of ether oxygens (including phenoxy) is 2. The maximum absolute atomic E-state index is 13.8. The monoisotopic (exact) mass is 317 g/mol. The van der Waals surface area contributed by atoms with Gasteiger partial charge in [-0.2, -0.15) is 0 Å². The molecule has 4 nitrogen and oxygen atoms in total. The molecule has 0 aliphatic carbocycles. The van der Waals surface area contributed by atoms with Gasteiger partial charge in [0.2, 0.25) is 0 Å². The zero-order valence-electron chi connectivity index (χ0n) is 13.2. The van der Waals surface area contributed by atoms with Crippen LogP contribution >= 0.6 is 0 Å². The third-order valence-electron chi connectivity index (χ3n) is 4.11. The van der Waals surface area contributed by atoms with Gasteiger partial charge in [-0.3, -0.25) is 0 Å². The Morgan fingerprint density at radius 3 is 2.87 bits per heavy atom. The van der Waals surface area contributed by atoms with Gasteiger partial charge < -0.3 is 19.9 Å². The van der Waals surface area contributed by atoms with Crippen LogP contribution < -0.4 is 14.8 Å². The summed E-state index contributed by atoms with van der Waals surface area (Å²) in [5, 5.41) is 14.0. The van der Waals surface area contributed by atoms with Crippen molar-refractivity contribution >= 4 is 0 Å². The lowest BCUT2D eigenvalue weighted by Gasteiger charge is -2.40. The van der Waals surface area contributed by atoms with Crippen molar-refractivity contribution < 1.29 is 19.0 Å². The second kappa shape index (κ2) is 6.18. The molecule has 0 spiro atoms. The van der Waals surface area contributed by atoms with Crippen LogP contribution in [0.3, 0.4) is 0 Å². The molecular formula is C18H20FNO3. The molecule has 1 aliphatic heterocycles. The van der Waals surface area contributed by atoms with E-state index in [4.69, 9.17) is 9.47 Å². The minimum absolute atomic E-state index is 0.101. The van der Waals surface area contributed by atoms with Gasteiger partial charge in [0, 0.05) is 17.7 Å². The molecule has 1 aliphatic rings. The minimum Gasteiger partial charge on any atom is -0.490 e. The summed E-state index contributed by atoms with van der Waals surface area (Å²) in [6.07, 6.45) is -0.652. The van der Waals surface area contributed by atoms with E-state index < -0.39 is 11.7 Å². The largest absolute Gasteiger partial charge is 0.490 e. The van der Waals surface area contributed by atoms with E-state index in [1.165, 1.54) is 6.07 Å². The van der Waals surface area contributed by atoms with E-state index in [0.717, 1.165) is 5.56 Å².